The Bertz CT molecular complexity index is 278. The summed E-state index contributed by atoms with van der Waals surface area (Å²) in [4.78, 5) is 0. The first-order chi connectivity index (χ1) is 7.69. The second kappa shape index (κ2) is 6.62. The normalized spacial score (nSPS) is 13.4. The Morgan fingerprint density at radius 2 is 1.56 bits per heavy atom. The van der Waals surface area contributed by atoms with E-state index in [0.29, 0.717) is 5.92 Å². The van der Waals surface area contributed by atoms with E-state index >= 15 is 0 Å². The minimum absolute atomic E-state index is 0.00352. The van der Waals surface area contributed by atoms with Gasteiger partial charge in [0.1, 0.15) is 0 Å². The Morgan fingerprint density at radius 1 is 1.00 bits per heavy atom. The lowest BCUT2D eigenvalue weighted by Crippen LogP contribution is -2.19. The molecule has 0 spiro atoms. The van der Waals surface area contributed by atoms with Gasteiger partial charge in [-0.05, 0) is 23.8 Å². The standard InChI is InChI=1S/C14H20F2/c1-11(2)8-14(13(9-15)10-16)12-6-4-3-5-7-12/h3-7,11,13-14H,8-10H2,1-2H3. The van der Waals surface area contributed by atoms with Crippen LogP contribution in [0, 0.1) is 11.8 Å². The van der Waals surface area contributed by atoms with Crippen molar-refractivity contribution in [1.82, 2.24) is 0 Å². The maximum Gasteiger partial charge on any atom is 0.0953 e. The molecule has 1 aromatic rings. The molecule has 0 bridgehead atoms. The SMILES string of the molecule is CC(C)CC(c1ccccc1)C(CF)CF. The van der Waals surface area contributed by atoms with Crippen LogP contribution >= 0.6 is 0 Å². The van der Waals surface area contributed by atoms with Gasteiger partial charge in [0, 0.05) is 5.92 Å². The summed E-state index contributed by atoms with van der Waals surface area (Å²) in [7, 11) is 0. The maximum atomic E-state index is 12.8. The number of rotatable bonds is 6. The Morgan fingerprint density at radius 3 is 2.00 bits per heavy atom. The molecule has 90 valence electrons. The molecule has 1 atom stereocenters. The van der Waals surface area contributed by atoms with Crippen molar-refractivity contribution in [3.05, 3.63) is 35.9 Å². The van der Waals surface area contributed by atoms with Crippen LogP contribution < -0.4 is 0 Å². The molecule has 1 unspecified atom stereocenters. The van der Waals surface area contributed by atoms with Gasteiger partial charge < -0.3 is 0 Å². The number of alkyl halides is 2. The minimum Gasteiger partial charge on any atom is -0.251 e. The Balaban J connectivity index is 2.86. The van der Waals surface area contributed by atoms with Gasteiger partial charge in [0.15, 0.2) is 0 Å². The highest BCUT2D eigenvalue weighted by Crippen LogP contribution is 2.31. The lowest BCUT2D eigenvalue weighted by atomic mass is 9.81. The van der Waals surface area contributed by atoms with Crippen LogP contribution in [0.3, 0.4) is 0 Å². The van der Waals surface area contributed by atoms with Crippen molar-refractivity contribution >= 4 is 0 Å². The first kappa shape index (κ1) is 13.1. The molecule has 0 radical (unpaired) electrons. The van der Waals surface area contributed by atoms with Crippen molar-refractivity contribution in [3.63, 3.8) is 0 Å². The third-order valence-electron chi connectivity index (χ3n) is 2.92. The molecule has 2 heteroatoms. The first-order valence-electron chi connectivity index (χ1n) is 5.85. The summed E-state index contributed by atoms with van der Waals surface area (Å²) in [6.07, 6.45) is 0.836. The highest BCUT2D eigenvalue weighted by Gasteiger charge is 2.23. The average Bonchev–Trinajstić information content (AvgIpc) is 2.30. The zero-order valence-electron chi connectivity index (χ0n) is 10.00. The molecule has 0 saturated carbocycles. The molecule has 0 saturated heterocycles. The largest absolute Gasteiger partial charge is 0.251 e. The predicted molar refractivity (Wildman–Crippen MR) is 64.1 cm³/mol. The topological polar surface area (TPSA) is 0 Å². The van der Waals surface area contributed by atoms with Crippen molar-refractivity contribution in [2.45, 2.75) is 26.2 Å². The third-order valence-corrected chi connectivity index (χ3v) is 2.92. The first-order valence-corrected chi connectivity index (χ1v) is 5.85. The lowest BCUT2D eigenvalue weighted by molar-refractivity contribution is 0.233. The molecule has 0 nitrogen and oxygen atoms in total. The van der Waals surface area contributed by atoms with Crippen LogP contribution in [0.15, 0.2) is 30.3 Å². The van der Waals surface area contributed by atoms with Gasteiger partial charge in [-0.1, -0.05) is 44.2 Å². The molecule has 0 N–H and O–H groups in total. The zero-order chi connectivity index (χ0) is 12.0. The van der Waals surface area contributed by atoms with E-state index in [4.69, 9.17) is 0 Å². The fourth-order valence-corrected chi connectivity index (χ4v) is 2.07. The molecule has 0 aliphatic heterocycles. The van der Waals surface area contributed by atoms with Gasteiger partial charge in [-0.2, -0.15) is 0 Å². The van der Waals surface area contributed by atoms with Gasteiger partial charge in [-0.15, -0.1) is 0 Å². The van der Waals surface area contributed by atoms with Gasteiger partial charge in [0.05, 0.1) is 13.3 Å². The minimum atomic E-state index is -0.581. The maximum absolute atomic E-state index is 12.8. The molecule has 0 heterocycles. The molecule has 0 aliphatic carbocycles. The van der Waals surface area contributed by atoms with E-state index < -0.39 is 19.3 Å². The summed E-state index contributed by atoms with van der Waals surface area (Å²) in [5, 5.41) is 0. The van der Waals surface area contributed by atoms with E-state index in [2.05, 4.69) is 13.8 Å². The van der Waals surface area contributed by atoms with Crippen molar-refractivity contribution in [2.75, 3.05) is 13.3 Å². The average molecular weight is 226 g/mol. The highest BCUT2D eigenvalue weighted by molar-refractivity contribution is 5.20. The lowest BCUT2D eigenvalue weighted by Gasteiger charge is -2.25. The molecular formula is C14H20F2. The van der Waals surface area contributed by atoms with Crippen molar-refractivity contribution in [2.24, 2.45) is 11.8 Å². The van der Waals surface area contributed by atoms with Gasteiger partial charge in [-0.25, -0.2) is 0 Å². The number of benzene rings is 1. The predicted octanol–water partition coefficient (Wildman–Crippen LogP) is 4.37. The van der Waals surface area contributed by atoms with Crippen LogP contribution in [0.1, 0.15) is 31.7 Å². The van der Waals surface area contributed by atoms with Crippen molar-refractivity contribution in [1.29, 1.82) is 0 Å². The Labute approximate surface area is 96.7 Å². The molecule has 0 fully saturated rings. The summed E-state index contributed by atoms with van der Waals surface area (Å²) < 4.78 is 25.6. The summed E-state index contributed by atoms with van der Waals surface area (Å²) in [5.74, 6) is -0.0493. The molecule has 0 amide bonds. The van der Waals surface area contributed by atoms with Crippen LogP contribution in [0.5, 0.6) is 0 Å². The number of halogens is 2. The Kier molecular flexibility index (Phi) is 5.44. The third kappa shape index (κ3) is 3.58. The molecule has 1 rings (SSSR count). The van der Waals surface area contributed by atoms with E-state index in [9.17, 15) is 8.78 Å². The summed E-state index contributed by atoms with van der Waals surface area (Å²) >= 11 is 0. The monoisotopic (exact) mass is 226 g/mol. The van der Waals surface area contributed by atoms with E-state index in [1.54, 1.807) is 0 Å². The molecule has 1 aromatic carbocycles. The second-order valence-corrected chi connectivity index (χ2v) is 4.72. The van der Waals surface area contributed by atoms with E-state index in [-0.39, 0.29) is 5.92 Å². The quantitative estimate of drug-likeness (QED) is 0.675. The van der Waals surface area contributed by atoms with Gasteiger partial charge >= 0.3 is 0 Å². The fourth-order valence-electron chi connectivity index (χ4n) is 2.07. The van der Waals surface area contributed by atoms with Gasteiger partial charge in [0.25, 0.3) is 0 Å². The fraction of sp³-hybridized carbons (Fsp3) is 0.571. The number of hydrogen-bond donors (Lipinski definition) is 0. The molecular weight excluding hydrogens is 206 g/mol. The smallest absolute Gasteiger partial charge is 0.0953 e. The molecule has 0 aromatic heterocycles. The summed E-state index contributed by atoms with van der Waals surface area (Å²) in [6.45, 7) is 3.01. The molecule has 0 aliphatic rings. The summed E-state index contributed by atoms with van der Waals surface area (Å²) in [6, 6.07) is 9.71. The van der Waals surface area contributed by atoms with Crippen LogP contribution in [0.25, 0.3) is 0 Å². The van der Waals surface area contributed by atoms with Crippen LogP contribution in [0.2, 0.25) is 0 Å². The van der Waals surface area contributed by atoms with Crippen LogP contribution in [-0.4, -0.2) is 13.3 Å². The van der Waals surface area contributed by atoms with Crippen molar-refractivity contribution in [3.8, 4) is 0 Å². The Hall–Kier alpha value is -0.920. The van der Waals surface area contributed by atoms with Gasteiger partial charge in [0.2, 0.25) is 0 Å². The zero-order valence-corrected chi connectivity index (χ0v) is 10.00. The van der Waals surface area contributed by atoms with E-state index in [1.165, 1.54) is 0 Å². The summed E-state index contributed by atoms with van der Waals surface area (Å²) in [5.41, 5.74) is 1.05. The number of hydrogen-bond acceptors (Lipinski definition) is 0. The molecule has 16 heavy (non-hydrogen) atoms. The highest BCUT2D eigenvalue weighted by atomic mass is 19.1. The van der Waals surface area contributed by atoms with Gasteiger partial charge in [-0.3, -0.25) is 8.78 Å². The van der Waals surface area contributed by atoms with E-state index in [1.807, 2.05) is 30.3 Å². The van der Waals surface area contributed by atoms with E-state index in [0.717, 1.165) is 12.0 Å². The van der Waals surface area contributed by atoms with Crippen LogP contribution in [-0.2, 0) is 0 Å². The second-order valence-electron chi connectivity index (χ2n) is 4.72. The van der Waals surface area contributed by atoms with Crippen molar-refractivity contribution < 1.29 is 8.78 Å². The van der Waals surface area contributed by atoms with Crippen LogP contribution in [0.4, 0.5) is 8.78 Å².